The fourth-order valence-electron chi connectivity index (χ4n) is 3.26. The summed E-state index contributed by atoms with van der Waals surface area (Å²) in [5.74, 6) is 1.05. The predicted octanol–water partition coefficient (Wildman–Crippen LogP) is 3.33. The van der Waals surface area contributed by atoms with Crippen LogP contribution in [0.3, 0.4) is 0 Å². The molecule has 10 heteroatoms. The normalized spacial score (nSPS) is 12.8. The van der Waals surface area contributed by atoms with Gasteiger partial charge < -0.3 is 24.9 Å². The molecular formula is C23H28N6O4. The van der Waals surface area contributed by atoms with Crippen LogP contribution in [0.2, 0.25) is 0 Å². The van der Waals surface area contributed by atoms with Crippen LogP contribution in [0.25, 0.3) is 28.1 Å². The summed E-state index contributed by atoms with van der Waals surface area (Å²) < 4.78 is 18.7. The second-order valence-electron chi connectivity index (χ2n) is 8.83. The summed E-state index contributed by atoms with van der Waals surface area (Å²) in [5, 5.41) is 8.13. The van der Waals surface area contributed by atoms with Crippen molar-refractivity contribution in [3.05, 3.63) is 42.4 Å². The minimum atomic E-state index is -0.544. The SMILES string of the molecule is C[C@H](N)COc1ccc2ncc(-c3cc4c(CCNC(=O)OC(C)(C)C)nccc4o3)n2n1. The van der Waals surface area contributed by atoms with E-state index in [1.54, 1.807) is 29.0 Å². The maximum absolute atomic E-state index is 11.9. The lowest BCUT2D eigenvalue weighted by Crippen LogP contribution is -2.33. The monoisotopic (exact) mass is 452 g/mol. The summed E-state index contributed by atoms with van der Waals surface area (Å²) in [7, 11) is 0. The molecule has 3 N–H and O–H groups in total. The van der Waals surface area contributed by atoms with E-state index in [1.807, 2.05) is 39.8 Å². The standard InChI is InChI=1S/C23H28N6O4/c1-14(24)13-31-21-6-5-20-27-12-17(29(20)28-21)19-11-15-16(25-10-8-18(15)32-19)7-9-26-22(30)33-23(2,3)4/h5-6,8,10-12,14H,7,9,13,24H2,1-4H3,(H,26,30)/t14-/m0/s1. The number of furan rings is 1. The fourth-order valence-corrected chi connectivity index (χ4v) is 3.26. The summed E-state index contributed by atoms with van der Waals surface area (Å²) in [5.41, 5.74) is 8.07. The minimum absolute atomic E-state index is 0.101. The first-order chi connectivity index (χ1) is 15.7. The number of carbonyl (C=O) groups excluding carboxylic acids is 1. The van der Waals surface area contributed by atoms with Crippen molar-refractivity contribution < 1.29 is 18.7 Å². The molecule has 4 heterocycles. The Morgan fingerprint density at radius 3 is 2.85 bits per heavy atom. The molecule has 0 unspecified atom stereocenters. The molecule has 0 aliphatic carbocycles. The van der Waals surface area contributed by atoms with Gasteiger partial charge in [-0.3, -0.25) is 4.98 Å². The first-order valence-corrected chi connectivity index (χ1v) is 10.8. The molecule has 0 fully saturated rings. The van der Waals surface area contributed by atoms with Gasteiger partial charge in [-0.05, 0) is 45.9 Å². The number of rotatable bonds is 7. The van der Waals surface area contributed by atoms with Gasteiger partial charge in [-0.1, -0.05) is 0 Å². The van der Waals surface area contributed by atoms with Gasteiger partial charge in [0.25, 0.3) is 0 Å². The first-order valence-electron chi connectivity index (χ1n) is 10.8. The zero-order valence-electron chi connectivity index (χ0n) is 19.2. The highest BCUT2D eigenvalue weighted by Crippen LogP contribution is 2.30. The van der Waals surface area contributed by atoms with Crippen LogP contribution in [0.4, 0.5) is 4.79 Å². The number of pyridine rings is 1. The Bertz CT molecular complexity index is 1270. The third-order valence-electron chi connectivity index (χ3n) is 4.64. The van der Waals surface area contributed by atoms with Gasteiger partial charge in [-0.25, -0.2) is 14.3 Å². The lowest BCUT2D eigenvalue weighted by Gasteiger charge is -2.19. The molecule has 4 aromatic rings. The molecule has 0 saturated carbocycles. The topological polar surface area (TPSA) is 130 Å². The van der Waals surface area contributed by atoms with Crippen LogP contribution < -0.4 is 15.8 Å². The van der Waals surface area contributed by atoms with Crippen LogP contribution in [0.5, 0.6) is 5.88 Å². The Balaban J connectivity index is 1.56. The highest BCUT2D eigenvalue weighted by Gasteiger charge is 2.17. The number of imidazole rings is 1. The number of carbonyl (C=O) groups is 1. The number of hydrogen-bond acceptors (Lipinski definition) is 8. The van der Waals surface area contributed by atoms with Gasteiger partial charge in [0, 0.05) is 36.7 Å². The number of aromatic nitrogens is 4. The molecule has 4 rings (SSSR count). The van der Waals surface area contributed by atoms with E-state index in [4.69, 9.17) is 19.6 Å². The maximum Gasteiger partial charge on any atom is 0.407 e. The third-order valence-corrected chi connectivity index (χ3v) is 4.64. The Kier molecular flexibility index (Phi) is 6.19. The van der Waals surface area contributed by atoms with Crippen LogP contribution in [0.1, 0.15) is 33.4 Å². The number of nitrogens with two attached hydrogens (primary N) is 1. The third kappa shape index (κ3) is 5.40. The van der Waals surface area contributed by atoms with Crippen LogP contribution in [-0.2, 0) is 11.2 Å². The van der Waals surface area contributed by atoms with E-state index in [9.17, 15) is 4.79 Å². The van der Waals surface area contributed by atoms with Gasteiger partial charge in [-0.2, -0.15) is 0 Å². The molecule has 0 radical (unpaired) electrons. The highest BCUT2D eigenvalue weighted by molar-refractivity contribution is 5.84. The van der Waals surface area contributed by atoms with E-state index in [1.165, 1.54) is 0 Å². The molecule has 0 aliphatic rings. The molecule has 1 atom stereocenters. The second-order valence-corrected chi connectivity index (χ2v) is 8.83. The predicted molar refractivity (Wildman–Crippen MR) is 123 cm³/mol. The molecule has 0 bridgehead atoms. The van der Waals surface area contributed by atoms with E-state index in [2.05, 4.69) is 20.4 Å². The molecule has 4 aromatic heterocycles. The van der Waals surface area contributed by atoms with Crippen LogP contribution in [0.15, 0.2) is 41.1 Å². The Morgan fingerprint density at radius 1 is 1.27 bits per heavy atom. The molecule has 0 aliphatic heterocycles. The van der Waals surface area contributed by atoms with Crippen molar-refractivity contribution >= 4 is 22.7 Å². The number of fused-ring (bicyclic) bond motifs is 2. The van der Waals surface area contributed by atoms with Crippen molar-refractivity contribution in [2.24, 2.45) is 5.73 Å². The quantitative estimate of drug-likeness (QED) is 0.437. The number of nitrogens with zero attached hydrogens (tertiary/aromatic N) is 4. The summed E-state index contributed by atoms with van der Waals surface area (Å²) in [6.07, 6.45) is 3.45. The molecule has 0 saturated heterocycles. The van der Waals surface area contributed by atoms with Crippen LogP contribution >= 0.6 is 0 Å². The number of amides is 1. The molecule has 10 nitrogen and oxygen atoms in total. The van der Waals surface area contributed by atoms with Crippen molar-refractivity contribution in [1.29, 1.82) is 0 Å². The summed E-state index contributed by atoms with van der Waals surface area (Å²) in [6, 6.07) is 7.19. The van der Waals surface area contributed by atoms with Gasteiger partial charge in [0.15, 0.2) is 11.4 Å². The van der Waals surface area contributed by atoms with Gasteiger partial charge in [0.05, 0.1) is 11.9 Å². The number of nitrogens with one attached hydrogen (secondary N) is 1. The van der Waals surface area contributed by atoms with Crippen molar-refractivity contribution in [1.82, 2.24) is 24.9 Å². The van der Waals surface area contributed by atoms with Gasteiger partial charge in [0.1, 0.15) is 23.5 Å². The van der Waals surface area contributed by atoms with Gasteiger partial charge in [0.2, 0.25) is 5.88 Å². The zero-order chi connectivity index (χ0) is 23.6. The van der Waals surface area contributed by atoms with E-state index >= 15 is 0 Å². The summed E-state index contributed by atoms with van der Waals surface area (Å²) in [4.78, 5) is 20.8. The molecular weight excluding hydrogens is 424 g/mol. The van der Waals surface area contributed by atoms with Gasteiger partial charge >= 0.3 is 6.09 Å². The van der Waals surface area contributed by atoms with E-state index in [0.717, 1.165) is 11.1 Å². The lowest BCUT2D eigenvalue weighted by molar-refractivity contribution is 0.0528. The lowest BCUT2D eigenvalue weighted by atomic mass is 10.2. The smallest absolute Gasteiger partial charge is 0.407 e. The van der Waals surface area contributed by atoms with Gasteiger partial charge in [-0.15, -0.1) is 5.10 Å². The number of ether oxygens (including phenoxy) is 2. The number of hydrogen-bond donors (Lipinski definition) is 2. The van der Waals surface area contributed by atoms with E-state index in [0.29, 0.717) is 48.1 Å². The summed E-state index contributed by atoms with van der Waals surface area (Å²) in [6.45, 7) is 8.09. The van der Waals surface area contributed by atoms with E-state index in [-0.39, 0.29) is 6.04 Å². The van der Waals surface area contributed by atoms with Crippen molar-refractivity contribution in [3.8, 4) is 17.3 Å². The van der Waals surface area contributed by atoms with Crippen molar-refractivity contribution in [2.75, 3.05) is 13.2 Å². The highest BCUT2D eigenvalue weighted by atomic mass is 16.6. The molecule has 174 valence electrons. The molecule has 0 aromatic carbocycles. The fraction of sp³-hybridized carbons (Fsp3) is 0.391. The van der Waals surface area contributed by atoms with Crippen molar-refractivity contribution in [2.45, 2.75) is 45.8 Å². The Labute approximate surface area is 191 Å². The van der Waals surface area contributed by atoms with Crippen LogP contribution in [0, 0.1) is 0 Å². The maximum atomic E-state index is 11.9. The van der Waals surface area contributed by atoms with Crippen molar-refractivity contribution in [3.63, 3.8) is 0 Å². The largest absolute Gasteiger partial charge is 0.475 e. The molecule has 33 heavy (non-hydrogen) atoms. The molecule has 0 spiro atoms. The Morgan fingerprint density at radius 2 is 2.09 bits per heavy atom. The van der Waals surface area contributed by atoms with Crippen LogP contribution in [-0.4, -0.2) is 50.5 Å². The summed E-state index contributed by atoms with van der Waals surface area (Å²) >= 11 is 0. The zero-order valence-corrected chi connectivity index (χ0v) is 19.2. The average molecular weight is 453 g/mol. The first kappa shape index (κ1) is 22.5. The minimum Gasteiger partial charge on any atom is -0.475 e. The second kappa shape index (κ2) is 9.07. The van der Waals surface area contributed by atoms with E-state index < -0.39 is 11.7 Å². The number of alkyl carbamates (subject to hydrolysis) is 1. The average Bonchev–Trinajstić information content (AvgIpc) is 3.34. The molecule has 1 amide bonds. The Hall–Kier alpha value is -3.66.